The van der Waals surface area contributed by atoms with Crippen molar-refractivity contribution in [2.75, 3.05) is 11.4 Å². The fourth-order valence-corrected chi connectivity index (χ4v) is 3.67. The molecule has 1 aromatic carbocycles. The zero-order valence-corrected chi connectivity index (χ0v) is 15.0. The maximum atomic E-state index is 13.0. The van der Waals surface area contributed by atoms with E-state index < -0.39 is 17.3 Å². The monoisotopic (exact) mass is 373 g/mol. The van der Waals surface area contributed by atoms with Crippen molar-refractivity contribution in [3.63, 3.8) is 0 Å². The van der Waals surface area contributed by atoms with Crippen LogP contribution in [0.15, 0.2) is 40.2 Å². The van der Waals surface area contributed by atoms with Gasteiger partial charge in [-0.2, -0.15) is 0 Å². The number of halogens is 1. The SMILES string of the molecule is Cn1c(=O)c2c(ncn2C2CCN(c3ccccc3Cl)C2=O)n(C)c1=O. The first-order valence-corrected chi connectivity index (χ1v) is 8.48. The highest BCUT2D eigenvalue weighted by Crippen LogP contribution is 2.33. The smallest absolute Gasteiger partial charge is 0.312 e. The van der Waals surface area contributed by atoms with Crippen molar-refractivity contribution in [1.29, 1.82) is 0 Å². The lowest BCUT2D eigenvalue weighted by atomic mass is 10.2. The molecule has 0 bridgehead atoms. The van der Waals surface area contributed by atoms with E-state index in [1.807, 2.05) is 6.07 Å². The van der Waals surface area contributed by atoms with Gasteiger partial charge in [0, 0.05) is 20.6 Å². The van der Waals surface area contributed by atoms with Gasteiger partial charge in [0.25, 0.3) is 5.56 Å². The molecule has 0 radical (unpaired) electrons. The first-order chi connectivity index (χ1) is 12.4. The zero-order valence-electron chi connectivity index (χ0n) is 14.2. The number of aryl methyl sites for hydroxylation is 1. The van der Waals surface area contributed by atoms with E-state index in [2.05, 4.69) is 4.98 Å². The summed E-state index contributed by atoms with van der Waals surface area (Å²) in [7, 11) is 2.96. The standard InChI is InChI=1S/C17H16ClN5O3/c1-20-14-13(16(25)21(2)17(20)26)23(9-19-14)12-7-8-22(15(12)24)11-6-4-3-5-10(11)18/h3-6,9,12H,7-8H2,1-2H3. The number of para-hydroxylation sites is 1. The summed E-state index contributed by atoms with van der Waals surface area (Å²) < 4.78 is 3.89. The number of benzene rings is 1. The van der Waals surface area contributed by atoms with Crippen LogP contribution in [0.2, 0.25) is 5.02 Å². The molecule has 2 aromatic heterocycles. The van der Waals surface area contributed by atoms with E-state index in [1.165, 1.54) is 17.9 Å². The normalized spacial score (nSPS) is 17.4. The highest BCUT2D eigenvalue weighted by molar-refractivity contribution is 6.33. The Labute approximate surface area is 152 Å². The summed E-state index contributed by atoms with van der Waals surface area (Å²) in [6, 6.07) is 6.58. The first kappa shape index (κ1) is 16.6. The molecule has 0 spiro atoms. The molecule has 0 N–H and O–H groups in total. The van der Waals surface area contributed by atoms with Crippen molar-refractivity contribution in [2.45, 2.75) is 12.5 Å². The Balaban J connectivity index is 1.83. The molecule has 1 atom stereocenters. The number of fused-ring (bicyclic) bond motifs is 1. The van der Waals surface area contributed by atoms with Gasteiger partial charge in [0.1, 0.15) is 6.04 Å². The molecule has 3 aromatic rings. The summed E-state index contributed by atoms with van der Waals surface area (Å²) in [4.78, 5) is 43.5. The third-order valence-corrected chi connectivity index (χ3v) is 5.15. The summed E-state index contributed by atoms with van der Waals surface area (Å²) in [6.07, 6.45) is 1.96. The number of imidazole rings is 1. The summed E-state index contributed by atoms with van der Waals surface area (Å²) in [5.74, 6) is -0.159. The number of hydrogen-bond donors (Lipinski definition) is 0. The van der Waals surface area contributed by atoms with E-state index in [4.69, 9.17) is 11.6 Å². The van der Waals surface area contributed by atoms with E-state index in [1.54, 1.807) is 34.7 Å². The average molecular weight is 374 g/mol. The van der Waals surface area contributed by atoms with Gasteiger partial charge in [-0.25, -0.2) is 9.78 Å². The quantitative estimate of drug-likeness (QED) is 0.672. The van der Waals surface area contributed by atoms with E-state index in [0.717, 1.165) is 4.57 Å². The number of rotatable bonds is 2. The van der Waals surface area contributed by atoms with Crippen molar-refractivity contribution in [3.05, 3.63) is 56.5 Å². The Hall–Kier alpha value is -2.87. The van der Waals surface area contributed by atoms with Crippen LogP contribution in [0.4, 0.5) is 5.69 Å². The molecule has 1 aliphatic heterocycles. The summed E-state index contributed by atoms with van der Waals surface area (Å²) in [5.41, 5.74) is 0.232. The lowest BCUT2D eigenvalue weighted by molar-refractivity contribution is -0.119. The van der Waals surface area contributed by atoms with Gasteiger partial charge in [0.05, 0.1) is 17.0 Å². The Morgan fingerprint density at radius 3 is 2.58 bits per heavy atom. The summed E-state index contributed by atoms with van der Waals surface area (Å²) >= 11 is 6.22. The summed E-state index contributed by atoms with van der Waals surface area (Å²) in [5, 5.41) is 0.496. The van der Waals surface area contributed by atoms with Gasteiger partial charge < -0.3 is 9.47 Å². The fourth-order valence-electron chi connectivity index (χ4n) is 3.43. The zero-order chi connectivity index (χ0) is 18.6. The van der Waals surface area contributed by atoms with Crippen LogP contribution in [0.3, 0.4) is 0 Å². The molecule has 9 heteroatoms. The third-order valence-electron chi connectivity index (χ3n) is 4.83. The molecular weight excluding hydrogens is 358 g/mol. The van der Waals surface area contributed by atoms with Crippen LogP contribution in [0, 0.1) is 0 Å². The first-order valence-electron chi connectivity index (χ1n) is 8.10. The minimum atomic E-state index is -0.568. The molecule has 1 fully saturated rings. The van der Waals surface area contributed by atoms with Crippen LogP contribution in [0.1, 0.15) is 12.5 Å². The number of aromatic nitrogens is 4. The van der Waals surface area contributed by atoms with Gasteiger partial charge in [0.15, 0.2) is 11.2 Å². The Morgan fingerprint density at radius 1 is 1.12 bits per heavy atom. The Bertz CT molecular complexity index is 1160. The average Bonchev–Trinajstić information content (AvgIpc) is 3.22. The van der Waals surface area contributed by atoms with E-state index in [9.17, 15) is 14.4 Å². The van der Waals surface area contributed by atoms with Gasteiger partial charge in [-0.1, -0.05) is 23.7 Å². The van der Waals surface area contributed by atoms with Gasteiger partial charge in [-0.15, -0.1) is 0 Å². The number of carbonyl (C=O) groups excluding carboxylic acids is 1. The van der Waals surface area contributed by atoms with Crippen LogP contribution in [0.5, 0.6) is 0 Å². The largest absolute Gasteiger partial charge is 0.332 e. The van der Waals surface area contributed by atoms with Crippen molar-refractivity contribution in [3.8, 4) is 0 Å². The van der Waals surface area contributed by atoms with Gasteiger partial charge >= 0.3 is 5.69 Å². The van der Waals surface area contributed by atoms with Gasteiger partial charge in [-0.3, -0.25) is 18.7 Å². The minimum Gasteiger partial charge on any atom is -0.312 e. The third kappa shape index (κ3) is 2.22. The Kier molecular flexibility index (Phi) is 3.73. The number of nitrogens with zero attached hydrogens (tertiary/aromatic N) is 5. The molecule has 4 rings (SSSR count). The molecular formula is C17H16ClN5O3. The van der Waals surface area contributed by atoms with Crippen molar-refractivity contribution < 1.29 is 4.79 Å². The van der Waals surface area contributed by atoms with Crippen molar-refractivity contribution in [2.24, 2.45) is 14.1 Å². The topological polar surface area (TPSA) is 82.1 Å². The molecule has 3 heterocycles. The van der Waals surface area contributed by atoms with Crippen molar-refractivity contribution in [1.82, 2.24) is 18.7 Å². The van der Waals surface area contributed by atoms with Crippen molar-refractivity contribution >= 4 is 34.4 Å². The minimum absolute atomic E-state index is 0.159. The molecule has 26 heavy (non-hydrogen) atoms. The van der Waals surface area contributed by atoms with Crippen LogP contribution in [-0.4, -0.2) is 31.1 Å². The van der Waals surface area contributed by atoms with Crippen LogP contribution >= 0.6 is 11.6 Å². The van der Waals surface area contributed by atoms with Gasteiger partial charge in [-0.05, 0) is 18.6 Å². The highest BCUT2D eigenvalue weighted by atomic mass is 35.5. The van der Waals surface area contributed by atoms with Gasteiger partial charge in [0.2, 0.25) is 5.91 Å². The number of hydrogen-bond acceptors (Lipinski definition) is 4. The molecule has 1 aliphatic rings. The second kappa shape index (κ2) is 5.84. The highest BCUT2D eigenvalue weighted by Gasteiger charge is 2.36. The number of anilines is 1. The number of amides is 1. The van der Waals surface area contributed by atoms with Crippen LogP contribution < -0.4 is 16.1 Å². The second-order valence-electron chi connectivity index (χ2n) is 6.28. The predicted octanol–water partition coefficient (Wildman–Crippen LogP) is 1.07. The molecule has 1 unspecified atom stereocenters. The molecule has 134 valence electrons. The maximum absolute atomic E-state index is 13.0. The molecule has 1 saturated heterocycles. The van der Waals surface area contributed by atoms with Crippen LogP contribution in [0.25, 0.3) is 11.2 Å². The van der Waals surface area contributed by atoms with E-state index in [0.29, 0.717) is 23.7 Å². The fraction of sp³-hybridized carbons (Fsp3) is 0.294. The second-order valence-corrected chi connectivity index (χ2v) is 6.68. The Morgan fingerprint density at radius 2 is 1.85 bits per heavy atom. The molecule has 0 aliphatic carbocycles. The lowest BCUT2D eigenvalue weighted by Crippen LogP contribution is -2.38. The summed E-state index contributed by atoms with van der Waals surface area (Å²) in [6.45, 7) is 0.485. The molecule has 0 saturated carbocycles. The van der Waals surface area contributed by atoms with Crippen LogP contribution in [-0.2, 0) is 18.9 Å². The molecule has 1 amide bonds. The lowest BCUT2D eigenvalue weighted by Gasteiger charge is -2.18. The predicted molar refractivity (Wildman–Crippen MR) is 97.7 cm³/mol. The molecule has 8 nitrogen and oxygen atoms in total. The number of carbonyl (C=O) groups is 1. The van der Waals surface area contributed by atoms with E-state index in [-0.39, 0.29) is 17.1 Å². The van der Waals surface area contributed by atoms with E-state index >= 15 is 0 Å². The maximum Gasteiger partial charge on any atom is 0.332 e.